The van der Waals surface area contributed by atoms with Crippen LogP contribution in [-0.2, 0) is 23.8 Å². The van der Waals surface area contributed by atoms with Gasteiger partial charge >= 0.3 is 11.9 Å². The molecular formula is C20H18N2O5. The lowest BCUT2D eigenvalue weighted by Gasteiger charge is -2.32. The summed E-state index contributed by atoms with van der Waals surface area (Å²) in [6.45, 7) is 0.105. The van der Waals surface area contributed by atoms with Crippen LogP contribution in [0.5, 0.6) is 0 Å². The van der Waals surface area contributed by atoms with Gasteiger partial charge in [-0.2, -0.15) is 0 Å². The fourth-order valence-electron chi connectivity index (χ4n) is 3.41. The van der Waals surface area contributed by atoms with E-state index in [9.17, 15) is 9.59 Å². The average molecular weight is 366 g/mol. The van der Waals surface area contributed by atoms with Crippen molar-refractivity contribution < 1.29 is 23.8 Å². The lowest BCUT2D eigenvalue weighted by Crippen LogP contribution is -2.38. The fraction of sp³-hybridized carbons (Fsp3) is 0.200. The van der Waals surface area contributed by atoms with Crippen molar-refractivity contribution in [2.24, 2.45) is 0 Å². The van der Waals surface area contributed by atoms with Crippen LogP contribution in [0.1, 0.15) is 0 Å². The molecule has 7 nitrogen and oxygen atoms in total. The van der Waals surface area contributed by atoms with Crippen LogP contribution >= 0.6 is 0 Å². The maximum Gasteiger partial charge on any atom is 0.355 e. The number of carbonyl (C=O) groups is 2. The van der Waals surface area contributed by atoms with Crippen LogP contribution in [0.25, 0.3) is 16.4 Å². The van der Waals surface area contributed by atoms with Crippen molar-refractivity contribution in [2.45, 2.75) is 0 Å². The molecule has 1 aliphatic rings. The van der Waals surface area contributed by atoms with Gasteiger partial charge in [-0.25, -0.2) is 9.59 Å². The molecule has 4 rings (SSSR count). The predicted molar refractivity (Wildman–Crippen MR) is 99.3 cm³/mol. The number of pyridine rings is 1. The molecule has 1 aromatic carbocycles. The van der Waals surface area contributed by atoms with Crippen molar-refractivity contribution in [3.8, 4) is 0 Å². The number of nitrogens with zero attached hydrogens (tertiary/aromatic N) is 2. The van der Waals surface area contributed by atoms with Crippen molar-refractivity contribution in [1.82, 2.24) is 4.40 Å². The number of hydrogen-bond donors (Lipinski definition) is 0. The summed E-state index contributed by atoms with van der Waals surface area (Å²) < 4.78 is 17.4. The number of esters is 2. The van der Waals surface area contributed by atoms with E-state index in [0.717, 1.165) is 22.1 Å². The average Bonchev–Trinajstić information content (AvgIpc) is 3.21. The van der Waals surface area contributed by atoms with Crippen molar-refractivity contribution in [3.05, 3.63) is 59.9 Å². The molecule has 0 radical (unpaired) electrons. The highest BCUT2D eigenvalue weighted by atomic mass is 16.5. The van der Waals surface area contributed by atoms with Crippen LogP contribution in [0.4, 0.5) is 5.69 Å². The molecule has 3 aromatic rings. The normalized spacial score (nSPS) is 14.7. The molecular weight excluding hydrogens is 348 g/mol. The third-order valence-electron chi connectivity index (χ3n) is 4.64. The molecule has 7 heteroatoms. The first kappa shape index (κ1) is 17.1. The van der Waals surface area contributed by atoms with E-state index in [1.54, 1.807) is 4.90 Å². The summed E-state index contributed by atoms with van der Waals surface area (Å²) in [5.74, 6) is -1.23. The molecule has 27 heavy (non-hydrogen) atoms. The number of rotatable bonds is 3. The van der Waals surface area contributed by atoms with E-state index in [0.29, 0.717) is 0 Å². The third-order valence-corrected chi connectivity index (χ3v) is 4.64. The van der Waals surface area contributed by atoms with Gasteiger partial charge in [0.25, 0.3) is 0 Å². The third kappa shape index (κ3) is 2.72. The molecule has 0 fully saturated rings. The Morgan fingerprint density at radius 1 is 1.00 bits per heavy atom. The minimum Gasteiger partial charge on any atom is -0.466 e. The minimum absolute atomic E-state index is 0.0137. The highest BCUT2D eigenvalue weighted by Gasteiger charge is 2.33. The zero-order chi connectivity index (χ0) is 19.0. The molecule has 0 aliphatic carbocycles. The summed E-state index contributed by atoms with van der Waals surface area (Å²) in [6, 6.07) is 13.8. The summed E-state index contributed by atoms with van der Waals surface area (Å²) in [4.78, 5) is 26.3. The van der Waals surface area contributed by atoms with E-state index in [1.165, 1.54) is 14.2 Å². The summed E-state index contributed by atoms with van der Waals surface area (Å²) in [7, 11) is 2.55. The fourth-order valence-corrected chi connectivity index (χ4v) is 3.41. The van der Waals surface area contributed by atoms with Gasteiger partial charge in [0.15, 0.2) is 0 Å². The molecule has 0 spiro atoms. The predicted octanol–water partition coefficient (Wildman–Crippen LogP) is 2.49. The Kier molecular flexibility index (Phi) is 4.29. The number of anilines is 1. The molecule has 3 heterocycles. The second-order valence-electron chi connectivity index (χ2n) is 6.06. The van der Waals surface area contributed by atoms with E-state index in [4.69, 9.17) is 14.2 Å². The maximum absolute atomic E-state index is 12.5. The molecule has 138 valence electrons. The van der Waals surface area contributed by atoms with E-state index >= 15 is 0 Å². The van der Waals surface area contributed by atoms with Crippen LogP contribution in [0.15, 0.2) is 59.9 Å². The topological polar surface area (TPSA) is 69.5 Å². The Balaban J connectivity index is 1.95. The van der Waals surface area contributed by atoms with E-state index in [2.05, 4.69) is 4.40 Å². The van der Waals surface area contributed by atoms with Gasteiger partial charge in [0, 0.05) is 17.1 Å². The first-order valence-corrected chi connectivity index (χ1v) is 8.39. The SMILES string of the molecule is COC(=O)C1=C(C(=O)OC)N(c2cccc3c2ccc2cccn23)COC1. The Labute approximate surface area is 155 Å². The van der Waals surface area contributed by atoms with Gasteiger partial charge in [-0.1, -0.05) is 6.07 Å². The van der Waals surface area contributed by atoms with Gasteiger partial charge in [0.05, 0.1) is 37.6 Å². The van der Waals surface area contributed by atoms with Gasteiger partial charge in [-0.15, -0.1) is 0 Å². The first-order chi connectivity index (χ1) is 13.2. The number of ether oxygens (including phenoxy) is 3. The largest absolute Gasteiger partial charge is 0.466 e. The van der Waals surface area contributed by atoms with E-state index in [-0.39, 0.29) is 24.6 Å². The molecule has 0 saturated heterocycles. The standard InChI is InChI=1S/C20H18N2O5/c1-25-19(23)15-11-27-12-22(18(15)20(24)26-2)17-7-3-6-16-14(17)9-8-13-5-4-10-21(13)16/h3-10H,11-12H2,1-2H3. The van der Waals surface area contributed by atoms with E-state index in [1.807, 2.05) is 48.7 Å². The number of benzene rings is 1. The molecule has 2 aromatic heterocycles. The van der Waals surface area contributed by atoms with Crippen LogP contribution in [0, 0.1) is 0 Å². The second-order valence-corrected chi connectivity index (χ2v) is 6.06. The Morgan fingerprint density at radius 2 is 1.81 bits per heavy atom. The number of carbonyl (C=O) groups excluding carboxylic acids is 2. The van der Waals surface area contributed by atoms with Crippen molar-refractivity contribution >= 4 is 34.0 Å². The molecule has 0 bridgehead atoms. The van der Waals surface area contributed by atoms with Gasteiger partial charge in [0.1, 0.15) is 12.4 Å². The van der Waals surface area contributed by atoms with Crippen molar-refractivity contribution in [1.29, 1.82) is 0 Å². The molecule has 1 aliphatic heterocycles. The second kappa shape index (κ2) is 6.77. The number of hydrogen-bond acceptors (Lipinski definition) is 6. The number of fused-ring (bicyclic) bond motifs is 3. The zero-order valence-electron chi connectivity index (χ0n) is 15.0. The highest BCUT2D eigenvalue weighted by molar-refractivity contribution is 6.05. The highest BCUT2D eigenvalue weighted by Crippen LogP contribution is 2.33. The smallest absolute Gasteiger partial charge is 0.355 e. The minimum atomic E-state index is -0.617. The van der Waals surface area contributed by atoms with Crippen molar-refractivity contribution in [2.75, 3.05) is 32.5 Å². The number of methoxy groups -OCH3 is 2. The Bertz CT molecular complexity index is 1080. The lowest BCUT2D eigenvalue weighted by atomic mass is 10.1. The molecule has 0 N–H and O–H groups in total. The molecule has 0 atom stereocenters. The summed E-state index contributed by atoms with van der Waals surface area (Å²) >= 11 is 0. The van der Waals surface area contributed by atoms with Gasteiger partial charge < -0.3 is 23.5 Å². The monoisotopic (exact) mass is 366 g/mol. The van der Waals surface area contributed by atoms with Crippen molar-refractivity contribution in [3.63, 3.8) is 0 Å². The summed E-state index contributed by atoms with van der Waals surface area (Å²) in [5.41, 5.74) is 3.05. The maximum atomic E-state index is 12.5. The van der Waals surface area contributed by atoms with E-state index < -0.39 is 11.9 Å². The van der Waals surface area contributed by atoms with Gasteiger partial charge in [-0.05, 0) is 36.4 Å². The van der Waals surface area contributed by atoms with Crippen LogP contribution in [0.2, 0.25) is 0 Å². The van der Waals surface area contributed by atoms with Crippen LogP contribution in [0.3, 0.4) is 0 Å². The molecule has 0 amide bonds. The zero-order valence-corrected chi connectivity index (χ0v) is 15.0. The summed E-state index contributed by atoms with van der Waals surface area (Å²) in [6.07, 6.45) is 1.98. The first-order valence-electron chi connectivity index (χ1n) is 8.39. The molecule has 0 saturated carbocycles. The quantitative estimate of drug-likeness (QED) is 0.664. The Morgan fingerprint density at radius 3 is 2.59 bits per heavy atom. The lowest BCUT2D eigenvalue weighted by molar-refractivity contribution is -0.140. The van der Waals surface area contributed by atoms with Gasteiger partial charge in [-0.3, -0.25) is 0 Å². The molecule has 0 unspecified atom stereocenters. The summed E-state index contributed by atoms with van der Waals surface area (Å²) in [5, 5.41) is 0.914. The van der Waals surface area contributed by atoms with Gasteiger partial charge in [0.2, 0.25) is 0 Å². The van der Waals surface area contributed by atoms with Crippen LogP contribution in [-0.4, -0.2) is 43.9 Å². The van der Waals surface area contributed by atoms with Crippen LogP contribution < -0.4 is 4.90 Å². The number of aromatic nitrogens is 1. The Hall–Kier alpha value is -3.32.